The van der Waals surface area contributed by atoms with Crippen molar-refractivity contribution >= 4 is 17.2 Å². The van der Waals surface area contributed by atoms with Gasteiger partial charge in [-0.3, -0.25) is 4.79 Å². The molecule has 0 aromatic carbocycles. The number of aromatic amines is 1. The van der Waals surface area contributed by atoms with Crippen LogP contribution in [0.5, 0.6) is 5.75 Å². The van der Waals surface area contributed by atoms with Gasteiger partial charge in [0, 0.05) is 4.88 Å². The van der Waals surface area contributed by atoms with Crippen LogP contribution in [0.1, 0.15) is 17.4 Å². The highest BCUT2D eigenvalue weighted by Crippen LogP contribution is 2.20. The third-order valence-corrected chi connectivity index (χ3v) is 3.61. The Morgan fingerprint density at radius 1 is 1.56 bits per heavy atom. The van der Waals surface area contributed by atoms with E-state index < -0.39 is 0 Å². The Morgan fingerprint density at radius 3 is 3.11 bits per heavy atom. The summed E-state index contributed by atoms with van der Waals surface area (Å²) in [6, 6.07) is 2.12. The first-order valence-electron chi connectivity index (χ1n) is 5.67. The first-order chi connectivity index (χ1) is 8.76. The van der Waals surface area contributed by atoms with Gasteiger partial charge in [-0.2, -0.15) is 0 Å². The molecule has 0 saturated carbocycles. The summed E-state index contributed by atoms with van der Waals surface area (Å²) in [4.78, 5) is 19.3. The zero-order valence-corrected chi connectivity index (χ0v) is 11.1. The van der Waals surface area contributed by atoms with Crippen LogP contribution in [0.3, 0.4) is 0 Å². The average molecular weight is 265 g/mol. The molecule has 0 saturated heterocycles. The third-order valence-electron chi connectivity index (χ3n) is 2.65. The van der Waals surface area contributed by atoms with Crippen molar-refractivity contribution in [2.45, 2.75) is 19.9 Å². The van der Waals surface area contributed by atoms with Gasteiger partial charge in [-0.25, -0.2) is 4.98 Å². The number of thiophene rings is 1. The predicted molar refractivity (Wildman–Crippen MR) is 72.4 cm³/mol. The highest BCUT2D eigenvalue weighted by molar-refractivity contribution is 7.10. The summed E-state index contributed by atoms with van der Waals surface area (Å²) in [6.45, 7) is 2.77. The Hall–Kier alpha value is -1.82. The van der Waals surface area contributed by atoms with E-state index in [2.05, 4.69) is 33.7 Å². The number of rotatable bonds is 5. The smallest absolute Gasteiger partial charge is 0.295 e. The minimum absolute atomic E-state index is 0.215. The number of nitrogens with one attached hydrogen (secondary N) is 2. The quantitative estimate of drug-likeness (QED) is 0.868. The number of ether oxygens (including phenoxy) is 1. The summed E-state index contributed by atoms with van der Waals surface area (Å²) < 4.78 is 5.04. The van der Waals surface area contributed by atoms with E-state index in [0.717, 1.165) is 6.42 Å². The van der Waals surface area contributed by atoms with Crippen LogP contribution in [0, 0.1) is 0 Å². The van der Waals surface area contributed by atoms with Crippen LogP contribution < -0.4 is 15.6 Å². The second-order valence-corrected chi connectivity index (χ2v) is 4.69. The van der Waals surface area contributed by atoms with Crippen molar-refractivity contribution in [1.82, 2.24) is 9.97 Å². The van der Waals surface area contributed by atoms with Gasteiger partial charge in [-0.05, 0) is 23.4 Å². The molecule has 0 spiro atoms. The molecule has 0 aliphatic heterocycles. The number of aryl methyl sites for hydroxylation is 1. The fourth-order valence-electron chi connectivity index (χ4n) is 1.70. The van der Waals surface area contributed by atoms with Crippen molar-refractivity contribution in [2.75, 3.05) is 12.4 Å². The summed E-state index contributed by atoms with van der Waals surface area (Å²) in [6.07, 6.45) is 2.36. The van der Waals surface area contributed by atoms with Crippen molar-refractivity contribution in [1.29, 1.82) is 0 Å². The normalized spacial score (nSPS) is 10.3. The van der Waals surface area contributed by atoms with E-state index >= 15 is 0 Å². The Kier molecular flexibility index (Phi) is 3.99. The van der Waals surface area contributed by atoms with Crippen LogP contribution in [0.25, 0.3) is 0 Å². The maximum atomic E-state index is 11.5. The van der Waals surface area contributed by atoms with E-state index in [-0.39, 0.29) is 11.3 Å². The molecular formula is C12H15N3O2S. The van der Waals surface area contributed by atoms with E-state index in [0.29, 0.717) is 12.4 Å². The molecule has 0 bridgehead atoms. The molecule has 18 heavy (non-hydrogen) atoms. The standard InChI is InChI=1S/C12H15N3O2S/c1-3-8-4-5-18-9(8)6-13-11-10(17-2)12(16)15-7-14-11/h4-5,7H,3,6H2,1-2H3,(H2,13,14,15,16). The predicted octanol–water partition coefficient (Wildman–Crippen LogP) is 2.01. The zero-order valence-electron chi connectivity index (χ0n) is 10.3. The Balaban J connectivity index is 2.16. The lowest BCUT2D eigenvalue weighted by molar-refractivity contribution is 0.408. The van der Waals surface area contributed by atoms with Gasteiger partial charge in [0.25, 0.3) is 5.56 Å². The number of hydrogen-bond acceptors (Lipinski definition) is 5. The molecule has 2 aromatic rings. The number of aromatic nitrogens is 2. The van der Waals surface area contributed by atoms with Gasteiger partial charge >= 0.3 is 0 Å². The number of hydrogen-bond donors (Lipinski definition) is 2. The second kappa shape index (κ2) is 5.68. The highest BCUT2D eigenvalue weighted by Gasteiger charge is 2.09. The van der Waals surface area contributed by atoms with Gasteiger partial charge in [0.05, 0.1) is 20.0 Å². The van der Waals surface area contributed by atoms with E-state index in [4.69, 9.17) is 4.74 Å². The molecule has 0 atom stereocenters. The van der Waals surface area contributed by atoms with Gasteiger partial charge in [0.1, 0.15) is 0 Å². The van der Waals surface area contributed by atoms with Crippen LogP contribution in [0.4, 0.5) is 5.82 Å². The Labute approximate surface area is 109 Å². The molecule has 0 aliphatic rings. The molecule has 0 amide bonds. The lowest BCUT2D eigenvalue weighted by atomic mass is 10.2. The molecule has 96 valence electrons. The fourth-order valence-corrected chi connectivity index (χ4v) is 2.62. The SMILES string of the molecule is CCc1ccsc1CNc1nc[nH]c(=O)c1OC. The van der Waals surface area contributed by atoms with Crippen LogP contribution in [-0.4, -0.2) is 17.1 Å². The molecule has 2 rings (SSSR count). The molecule has 0 aliphatic carbocycles. The van der Waals surface area contributed by atoms with E-state index in [1.165, 1.54) is 23.9 Å². The molecular weight excluding hydrogens is 250 g/mol. The minimum Gasteiger partial charge on any atom is -0.489 e. The average Bonchev–Trinajstić information content (AvgIpc) is 2.83. The molecule has 2 N–H and O–H groups in total. The van der Waals surface area contributed by atoms with Crippen LogP contribution in [-0.2, 0) is 13.0 Å². The molecule has 2 aromatic heterocycles. The monoisotopic (exact) mass is 265 g/mol. The number of anilines is 1. The summed E-state index contributed by atoms with van der Waals surface area (Å²) in [5.74, 6) is 0.684. The highest BCUT2D eigenvalue weighted by atomic mass is 32.1. The van der Waals surface area contributed by atoms with E-state index in [9.17, 15) is 4.79 Å². The summed E-state index contributed by atoms with van der Waals surface area (Å²) in [5.41, 5.74) is 1.04. The van der Waals surface area contributed by atoms with Crippen molar-refractivity contribution in [3.63, 3.8) is 0 Å². The second-order valence-electron chi connectivity index (χ2n) is 3.69. The van der Waals surface area contributed by atoms with Gasteiger partial charge < -0.3 is 15.0 Å². The first-order valence-corrected chi connectivity index (χ1v) is 6.55. The zero-order chi connectivity index (χ0) is 13.0. The van der Waals surface area contributed by atoms with Crippen molar-refractivity contribution in [2.24, 2.45) is 0 Å². The molecule has 6 heteroatoms. The summed E-state index contributed by atoms with van der Waals surface area (Å²) in [7, 11) is 1.46. The molecule has 0 radical (unpaired) electrons. The van der Waals surface area contributed by atoms with Gasteiger partial charge in [-0.1, -0.05) is 6.92 Å². The van der Waals surface area contributed by atoms with Gasteiger partial charge in [-0.15, -0.1) is 11.3 Å². The molecule has 2 heterocycles. The molecule has 0 fully saturated rings. The third kappa shape index (κ3) is 2.53. The van der Waals surface area contributed by atoms with Gasteiger partial charge in [0.15, 0.2) is 5.82 Å². The van der Waals surface area contributed by atoms with Gasteiger partial charge in [0.2, 0.25) is 5.75 Å². The van der Waals surface area contributed by atoms with Crippen LogP contribution in [0.2, 0.25) is 0 Å². The van der Waals surface area contributed by atoms with Crippen LogP contribution >= 0.6 is 11.3 Å². The topological polar surface area (TPSA) is 67.0 Å². The number of nitrogens with zero attached hydrogens (tertiary/aromatic N) is 1. The summed E-state index contributed by atoms with van der Waals surface area (Å²) in [5, 5.41) is 5.20. The minimum atomic E-state index is -0.281. The van der Waals surface area contributed by atoms with Crippen molar-refractivity contribution in [3.05, 3.63) is 38.6 Å². The maximum Gasteiger partial charge on any atom is 0.295 e. The summed E-state index contributed by atoms with van der Waals surface area (Å²) >= 11 is 1.69. The van der Waals surface area contributed by atoms with E-state index in [1.54, 1.807) is 11.3 Å². The maximum absolute atomic E-state index is 11.5. The lowest BCUT2D eigenvalue weighted by Gasteiger charge is -2.08. The van der Waals surface area contributed by atoms with Crippen molar-refractivity contribution < 1.29 is 4.74 Å². The Morgan fingerprint density at radius 2 is 2.39 bits per heavy atom. The molecule has 5 nitrogen and oxygen atoms in total. The fraction of sp³-hybridized carbons (Fsp3) is 0.333. The van der Waals surface area contributed by atoms with Crippen molar-refractivity contribution in [3.8, 4) is 5.75 Å². The number of methoxy groups -OCH3 is 1. The first kappa shape index (κ1) is 12.6. The van der Waals surface area contributed by atoms with E-state index in [1.807, 2.05) is 0 Å². The lowest BCUT2D eigenvalue weighted by Crippen LogP contribution is -2.14. The Bertz CT molecular complexity index is 577. The largest absolute Gasteiger partial charge is 0.489 e. The van der Waals surface area contributed by atoms with Crippen LogP contribution in [0.15, 0.2) is 22.6 Å². The molecule has 0 unspecified atom stereocenters. The number of H-pyrrole nitrogens is 1.